The lowest BCUT2D eigenvalue weighted by molar-refractivity contribution is -0.114. The molecule has 4 rings (SSSR count). The number of para-hydroxylation sites is 1. The van der Waals surface area contributed by atoms with Gasteiger partial charge in [0.1, 0.15) is 0 Å². The lowest BCUT2D eigenvalue weighted by Crippen LogP contribution is -2.33. The number of hydrogen-bond donors (Lipinski definition) is 1. The van der Waals surface area contributed by atoms with Crippen LogP contribution in [-0.2, 0) is 16.1 Å². The largest absolute Gasteiger partial charge is 0.382 e. The van der Waals surface area contributed by atoms with Crippen LogP contribution in [0, 0.1) is 6.92 Å². The number of nitrogens with one attached hydrogen (secondary N) is 1. The molecule has 0 saturated carbocycles. The van der Waals surface area contributed by atoms with Crippen molar-refractivity contribution in [2.75, 3.05) is 24.7 Å². The number of rotatable bonds is 9. The number of benzene rings is 3. The molecule has 1 heterocycles. The molecule has 0 saturated heterocycles. The van der Waals surface area contributed by atoms with Crippen LogP contribution in [0.2, 0.25) is 0 Å². The monoisotopic (exact) mass is 486 g/mol. The standard InChI is InChI=1S/C29H30N2O3S/c1-3-34-17-7-16-30-28(32)24-14-12-22(13-15-24)19-27-29(33)31(20-23-9-6-8-21(2)18-23)25-10-4-5-11-26(25)35-27/h4-6,8-15,18-19H,3,7,16-17,20H2,1-2H3,(H,30,32). The van der Waals surface area contributed by atoms with Crippen LogP contribution in [0.25, 0.3) is 6.08 Å². The highest BCUT2D eigenvalue weighted by atomic mass is 32.2. The zero-order valence-corrected chi connectivity index (χ0v) is 20.9. The van der Waals surface area contributed by atoms with Crippen molar-refractivity contribution in [2.24, 2.45) is 0 Å². The Morgan fingerprint density at radius 1 is 1.06 bits per heavy atom. The summed E-state index contributed by atoms with van der Waals surface area (Å²) in [5, 5.41) is 2.91. The maximum atomic E-state index is 13.5. The maximum absolute atomic E-state index is 13.5. The summed E-state index contributed by atoms with van der Waals surface area (Å²) in [4.78, 5) is 29.4. The Bertz CT molecular complexity index is 1220. The van der Waals surface area contributed by atoms with E-state index in [1.54, 1.807) is 12.1 Å². The fourth-order valence-electron chi connectivity index (χ4n) is 3.92. The van der Waals surface area contributed by atoms with Crippen molar-refractivity contribution in [1.29, 1.82) is 0 Å². The minimum absolute atomic E-state index is 0.0219. The van der Waals surface area contributed by atoms with Crippen LogP contribution in [-0.4, -0.2) is 31.6 Å². The Morgan fingerprint density at radius 3 is 2.63 bits per heavy atom. The number of amides is 2. The van der Waals surface area contributed by atoms with E-state index in [9.17, 15) is 9.59 Å². The summed E-state index contributed by atoms with van der Waals surface area (Å²) < 4.78 is 5.29. The molecule has 5 nitrogen and oxygen atoms in total. The molecule has 2 amide bonds. The molecule has 3 aromatic carbocycles. The van der Waals surface area contributed by atoms with Gasteiger partial charge in [0.2, 0.25) is 0 Å². The molecule has 0 spiro atoms. The number of fused-ring (bicyclic) bond motifs is 1. The summed E-state index contributed by atoms with van der Waals surface area (Å²) in [6.45, 7) is 6.42. The predicted octanol–water partition coefficient (Wildman–Crippen LogP) is 5.83. The van der Waals surface area contributed by atoms with Crippen molar-refractivity contribution in [2.45, 2.75) is 31.7 Å². The van der Waals surface area contributed by atoms with Gasteiger partial charge in [-0.2, -0.15) is 0 Å². The quantitative estimate of drug-likeness (QED) is 0.305. The van der Waals surface area contributed by atoms with Gasteiger partial charge in [-0.3, -0.25) is 9.59 Å². The van der Waals surface area contributed by atoms with Gasteiger partial charge in [-0.25, -0.2) is 0 Å². The minimum Gasteiger partial charge on any atom is -0.382 e. The molecule has 0 radical (unpaired) electrons. The first-order valence-corrected chi connectivity index (χ1v) is 12.7. The average Bonchev–Trinajstić information content (AvgIpc) is 2.87. The Balaban J connectivity index is 1.50. The number of anilines is 1. The van der Waals surface area contributed by atoms with Crippen molar-refractivity contribution in [3.8, 4) is 0 Å². The van der Waals surface area contributed by atoms with Crippen LogP contribution in [0.5, 0.6) is 0 Å². The summed E-state index contributed by atoms with van der Waals surface area (Å²) in [5.41, 5.74) is 4.67. The molecule has 0 aliphatic carbocycles. The highest BCUT2D eigenvalue weighted by molar-refractivity contribution is 8.04. The second-order valence-corrected chi connectivity index (χ2v) is 9.47. The average molecular weight is 487 g/mol. The molecule has 0 aromatic heterocycles. The van der Waals surface area contributed by atoms with Gasteiger partial charge in [-0.15, -0.1) is 0 Å². The summed E-state index contributed by atoms with van der Waals surface area (Å²) in [6, 6.07) is 23.6. The van der Waals surface area contributed by atoms with Gasteiger partial charge < -0.3 is 15.0 Å². The van der Waals surface area contributed by atoms with E-state index >= 15 is 0 Å². The molecule has 1 N–H and O–H groups in total. The Morgan fingerprint density at radius 2 is 1.86 bits per heavy atom. The molecule has 35 heavy (non-hydrogen) atoms. The summed E-state index contributed by atoms with van der Waals surface area (Å²) in [7, 11) is 0. The third-order valence-corrected chi connectivity index (χ3v) is 6.76. The van der Waals surface area contributed by atoms with E-state index in [1.165, 1.54) is 17.3 Å². The summed E-state index contributed by atoms with van der Waals surface area (Å²) in [5.74, 6) is -0.131. The summed E-state index contributed by atoms with van der Waals surface area (Å²) >= 11 is 1.48. The van der Waals surface area contributed by atoms with Crippen molar-refractivity contribution in [3.63, 3.8) is 0 Å². The van der Waals surface area contributed by atoms with Crippen molar-refractivity contribution >= 4 is 35.3 Å². The summed E-state index contributed by atoms with van der Waals surface area (Å²) in [6.07, 6.45) is 2.68. The second-order valence-electron chi connectivity index (χ2n) is 8.39. The van der Waals surface area contributed by atoms with Crippen molar-refractivity contribution in [1.82, 2.24) is 5.32 Å². The van der Waals surface area contributed by atoms with Gasteiger partial charge in [0.05, 0.1) is 17.1 Å². The SMILES string of the molecule is CCOCCCNC(=O)c1ccc(C=C2Sc3ccccc3N(Cc3cccc(C)c3)C2=O)cc1. The minimum atomic E-state index is -0.109. The number of aryl methyl sites for hydroxylation is 1. The van der Waals surface area contributed by atoms with Crippen LogP contribution < -0.4 is 10.2 Å². The van der Waals surface area contributed by atoms with E-state index in [4.69, 9.17) is 4.74 Å². The van der Waals surface area contributed by atoms with Crippen LogP contribution >= 0.6 is 11.8 Å². The van der Waals surface area contributed by atoms with E-state index < -0.39 is 0 Å². The maximum Gasteiger partial charge on any atom is 0.265 e. The smallest absolute Gasteiger partial charge is 0.265 e. The molecule has 3 aromatic rings. The number of nitrogens with zero attached hydrogens (tertiary/aromatic N) is 1. The van der Waals surface area contributed by atoms with Gasteiger partial charge in [0, 0.05) is 30.2 Å². The number of thioether (sulfide) groups is 1. The Hall–Kier alpha value is -3.35. The Labute approximate surface area is 211 Å². The van der Waals surface area contributed by atoms with Crippen LogP contribution in [0.4, 0.5) is 5.69 Å². The zero-order chi connectivity index (χ0) is 24.6. The first-order chi connectivity index (χ1) is 17.0. The fourth-order valence-corrected chi connectivity index (χ4v) is 4.98. The molecular formula is C29H30N2O3S. The zero-order valence-electron chi connectivity index (χ0n) is 20.1. The number of hydrogen-bond acceptors (Lipinski definition) is 4. The Kier molecular flexibility index (Phi) is 8.40. The highest BCUT2D eigenvalue weighted by Gasteiger charge is 2.29. The number of carbonyl (C=O) groups excluding carboxylic acids is 2. The third kappa shape index (κ3) is 6.41. The lowest BCUT2D eigenvalue weighted by atomic mass is 10.1. The van der Waals surface area contributed by atoms with Crippen LogP contribution in [0.15, 0.2) is 82.6 Å². The van der Waals surface area contributed by atoms with Gasteiger partial charge in [-0.05, 0) is 61.7 Å². The van der Waals surface area contributed by atoms with Gasteiger partial charge >= 0.3 is 0 Å². The van der Waals surface area contributed by atoms with Gasteiger partial charge in [0.25, 0.3) is 11.8 Å². The van der Waals surface area contributed by atoms with Crippen molar-refractivity contribution in [3.05, 3.63) is 100.0 Å². The van der Waals surface area contributed by atoms with Crippen molar-refractivity contribution < 1.29 is 14.3 Å². The second kappa shape index (κ2) is 11.9. The normalized spacial score (nSPS) is 14.2. The molecule has 180 valence electrons. The van der Waals surface area contributed by atoms with E-state index in [0.717, 1.165) is 28.1 Å². The molecule has 0 atom stereocenters. The lowest BCUT2D eigenvalue weighted by Gasteiger charge is -2.30. The van der Waals surface area contributed by atoms with Crippen LogP contribution in [0.3, 0.4) is 0 Å². The first-order valence-electron chi connectivity index (χ1n) is 11.9. The van der Waals surface area contributed by atoms with E-state index in [-0.39, 0.29) is 11.8 Å². The molecule has 0 fully saturated rings. The molecule has 1 aliphatic rings. The topological polar surface area (TPSA) is 58.6 Å². The molecule has 0 bridgehead atoms. The first kappa shape index (κ1) is 24.8. The number of carbonyl (C=O) groups is 2. The van der Waals surface area contributed by atoms with Gasteiger partial charge in [-0.1, -0.05) is 65.9 Å². The molecule has 0 unspecified atom stereocenters. The molecule has 6 heteroatoms. The highest BCUT2D eigenvalue weighted by Crippen LogP contribution is 2.42. The van der Waals surface area contributed by atoms with Gasteiger partial charge in [0.15, 0.2) is 0 Å². The van der Waals surface area contributed by atoms with E-state index in [0.29, 0.717) is 36.8 Å². The van der Waals surface area contributed by atoms with Crippen LogP contribution in [0.1, 0.15) is 40.4 Å². The number of ether oxygens (including phenoxy) is 1. The van der Waals surface area contributed by atoms with E-state index in [2.05, 4.69) is 30.4 Å². The molecular weight excluding hydrogens is 456 g/mol. The third-order valence-electron chi connectivity index (χ3n) is 5.68. The van der Waals surface area contributed by atoms with E-state index in [1.807, 2.05) is 60.4 Å². The predicted molar refractivity (Wildman–Crippen MR) is 143 cm³/mol. The molecule has 1 aliphatic heterocycles. The fraction of sp³-hybridized carbons (Fsp3) is 0.241.